The van der Waals surface area contributed by atoms with Gasteiger partial charge in [-0.3, -0.25) is 0 Å². The molecule has 8 atom stereocenters. The molecule has 0 aliphatic heterocycles. The van der Waals surface area contributed by atoms with E-state index in [2.05, 4.69) is 26.8 Å². The standard InChI is InChI=1S/C22H36O2/c1-14-12-15-13-16(23-4)8-10-21(15,2)18-9-11-22(3)17(20(14)18)6-7-19(22)24-5/h12,14,16-20H,6-11,13H2,1-5H3/t14-,16-,17-,18-,19-,20-,21-,22-/m0/s1. The lowest BCUT2D eigenvalue weighted by atomic mass is 9.46. The van der Waals surface area contributed by atoms with Crippen LogP contribution in [0.3, 0.4) is 0 Å². The fourth-order valence-corrected chi connectivity index (χ4v) is 7.52. The minimum absolute atomic E-state index is 0.412. The van der Waals surface area contributed by atoms with Gasteiger partial charge in [0.25, 0.3) is 0 Å². The fourth-order valence-electron chi connectivity index (χ4n) is 7.52. The second-order valence-electron chi connectivity index (χ2n) is 9.71. The minimum atomic E-state index is 0.412. The van der Waals surface area contributed by atoms with Crippen LogP contribution in [-0.4, -0.2) is 26.4 Å². The third-order valence-electron chi connectivity index (χ3n) is 8.92. The van der Waals surface area contributed by atoms with Gasteiger partial charge >= 0.3 is 0 Å². The van der Waals surface area contributed by atoms with E-state index in [0.717, 1.165) is 17.8 Å². The van der Waals surface area contributed by atoms with Gasteiger partial charge in [-0.15, -0.1) is 0 Å². The average Bonchev–Trinajstić information content (AvgIpc) is 2.91. The first kappa shape index (κ1) is 17.1. The maximum absolute atomic E-state index is 5.93. The topological polar surface area (TPSA) is 18.5 Å². The van der Waals surface area contributed by atoms with Gasteiger partial charge in [0.1, 0.15) is 0 Å². The van der Waals surface area contributed by atoms with E-state index >= 15 is 0 Å². The monoisotopic (exact) mass is 332 g/mol. The van der Waals surface area contributed by atoms with E-state index in [1.807, 2.05) is 14.2 Å². The van der Waals surface area contributed by atoms with Gasteiger partial charge < -0.3 is 9.47 Å². The van der Waals surface area contributed by atoms with Crippen LogP contribution in [0.25, 0.3) is 0 Å². The Morgan fingerprint density at radius 1 is 0.958 bits per heavy atom. The number of methoxy groups -OCH3 is 2. The molecule has 0 radical (unpaired) electrons. The molecular formula is C22H36O2. The van der Waals surface area contributed by atoms with Gasteiger partial charge in [-0.25, -0.2) is 0 Å². The normalized spacial score (nSPS) is 53.8. The number of fused-ring (bicyclic) bond motifs is 5. The molecule has 4 rings (SSSR count). The van der Waals surface area contributed by atoms with Crippen LogP contribution < -0.4 is 0 Å². The second kappa shape index (κ2) is 5.84. The number of hydrogen-bond acceptors (Lipinski definition) is 2. The van der Waals surface area contributed by atoms with Crippen molar-refractivity contribution in [2.24, 2.45) is 34.5 Å². The van der Waals surface area contributed by atoms with Crippen molar-refractivity contribution in [3.8, 4) is 0 Å². The molecule has 24 heavy (non-hydrogen) atoms. The zero-order valence-electron chi connectivity index (χ0n) is 16.3. The van der Waals surface area contributed by atoms with Crippen LogP contribution in [0.15, 0.2) is 11.6 Å². The SMILES string of the molecule is CO[C@H]1CC[C@@]2(C)C(=C[C@H](C)[C@H]3[C@@H]4CC[C@H](OC)[C@@]4(C)CC[C@@H]32)C1. The predicted octanol–water partition coefficient (Wildman–Crippen LogP) is 5.23. The Hall–Kier alpha value is -0.340. The first-order valence-corrected chi connectivity index (χ1v) is 10.2. The summed E-state index contributed by atoms with van der Waals surface area (Å²) in [4.78, 5) is 0. The first-order valence-electron chi connectivity index (χ1n) is 10.2. The third kappa shape index (κ3) is 2.21. The van der Waals surface area contributed by atoms with E-state index in [1.165, 1.54) is 44.9 Å². The number of ether oxygens (including phenoxy) is 2. The molecule has 0 N–H and O–H groups in total. The summed E-state index contributed by atoms with van der Waals surface area (Å²) in [6, 6.07) is 0. The molecule has 0 unspecified atom stereocenters. The summed E-state index contributed by atoms with van der Waals surface area (Å²) in [5.74, 6) is 3.30. The van der Waals surface area contributed by atoms with Crippen LogP contribution >= 0.6 is 0 Å². The Labute approximate surface area is 148 Å². The van der Waals surface area contributed by atoms with Gasteiger partial charge in [0.15, 0.2) is 0 Å². The molecular weight excluding hydrogens is 296 g/mol. The number of allylic oxidation sites excluding steroid dienone is 1. The van der Waals surface area contributed by atoms with Gasteiger partial charge in [0.2, 0.25) is 0 Å². The molecule has 0 aromatic rings. The maximum atomic E-state index is 5.93. The molecule has 0 heterocycles. The van der Waals surface area contributed by atoms with Crippen LogP contribution in [0.4, 0.5) is 0 Å². The average molecular weight is 333 g/mol. The number of hydrogen-bond donors (Lipinski definition) is 0. The Morgan fingerprint density at radius 3 is 2.46 bits per heavy atom. The highest BCUT2D eigenvalue weighted by molar-refractivity contribution is 5.27. The first-order chi connectivity index (χ1) is 11.4. The van der Waals surface area contributed by atoms with Crippen molar-refractivity contribution in [2.75, 3.05) is 14.2 Å². The molecule has 2 nitrogen and oxygen atoms in total. The quantitative estimate of drug-likeness (QED) is 0.645. The van der Waals surface area contributed by atoms with Crippen molar-refractivity contribution in [2.45, 2.75) is 77.9 Å². The molecule has 0 spiro atoms. The Bertz CT molecular complexity index is 526. The van der Waals surface area contributed by atoms with Gasteiger partial charge in [0.05, 0.1) is 12.2 Å². The number of rotatable bonds is 2. The Balaban J connectivity index is 1.68. The van der Waals surface area contributed by atoms with Crippen LogP contribution in [0, 0.1) is 34.5 Å². The van der Waals surface area contributed by atoms with Crippen LogP contribution in [-0.2, 0) is 9.47 Å². The van der Waals surface area contributed by atoms with Crippen molar-refractivity contribution in [1.82, 2.24) is 0 Å². The van der Waals surface area contributed by atoms with E-state index in [-0.39, 0.29) is 0 Å². The van der Waals surface area contributed by atoms with Crippen molar-refractivity contribution >= 4 is 0 Å². The lowest BCUT2D eigenvalue weighted by molar-refractivity contribution is -0.0950. The van der Waals surface area contributed by atoms with Crippen LogP contribution in [0.1, 0.15) is 65.7 Å². The summed E-state index contributed by atoms with van der Waals surface area (Å²) in [7, 11) is 3.82. The van der Waals surface area contributed by atoms with Crippen molar-refractivity contribution < 1.29 is 9.47 Å². The summed E-state index contributed by atoms with van der Waals surface area (Å²) in [5.41, 5.74) is 2.56. The molecule has 0 aromatic carbocycles. The minimum Gasteiger partial charge on any atom is -0.381 e. The summed E-state index contributed by atoms with van der Waals surface area (Å²) in [6.07, 6.45) is 12.7. The summed E-state index contributed by atoms with van der Waals surface area (Å²) >= 11 is 0. The van der Waals surface area contributed by atoms with Crippen LogP contribution in [0.5, 0.6) is 0 Å². The predicted molar refractivity (Wildman–Crippen MR) is 97.8 cm³/mol. The highest BCUT2D eigenvalue weighted by Crippen LogP contribution is 2.66. The van der Waals surface area contributed by atoms with E-state index in [9.17, 15) is 0 Å². The zero-order valence-corrected chi connectivity index (χ0v) is 16.3. The van der Waals surface area contributed by atoms with Crippen molar-refractivity contribution in [1.29, 1.82) is 0 Å². The summed E-state index contributed by atoms with van der Waals surface area (Å²) in [5, 5.41) is 0. The van der Waals surface area contributed by atoms with E-state index in [1.54, 1.807) is 5.57 Å². The smallest absolute Gasteiger partial charge is 0.0627 e. The van der Waals surface area contributed by atoms with Gasteiger partial charge in [-0.05, 0) is 79.4 Å². The molecule has 3 saturated carbocycles. The lowest BCUT2D eigenvalue weighted by Gasteiger charge is -2.59. The lowest BCUT2D eigenvalue weighted by Crippen LogP contribution is -2.53. The molecule has 4 aliphatic carbocycles. The highest BCUT2D eigenvalue weighted by Gasteiger charge is 2.60. The van der Waals surface area contributed by atoms with Gasteiger partial charge in [-0.1, -0.05) is 32.4 Å². The van der Waals surface area contributed by atoms with Crippen molar-refractivity contribution in [3.05, 3.63) is 11.6 Å². The molecule has 0 saturated heterocycles. The second-order valence-corrected chi connectivity index (χ2v) is 9.71. The fraction of sp³-hybridized carbons (Fsp3) is 0.909. The molecule has 4 aliphatic rings. The van der Waals surface area contributed by atoms with E-state index < -0.39 is 0 Å². The Morgan fingerprint density at radius 2 is 1.75 bits per heavy atom. The van der Waals surface area contributed by atoms with Gasteiger partial charge in [0, 0.05) is 14.2 Å². The summed E-state index contributed by atoms with van der Waals surface area (Å²) < 4.78 is 11.6. The molecule has 136 valence electrons. The van der Waals surface area contributed by atoms with E-state index in [4.69, 9.17) is 9.47 Å². The van der Waals surface area contributed by atoms with Crippen molar-refractivity contribution in [3.63, 3.8) is 0 Å². The highest BCUT2D eigenvalue weighted by atomic mass is 16.5. The molecule has 2 heteroatoms. The molecule has 0 bridgehead atoms. The largest absolute Gasteiger partial charge is 0.381 e. The summed E-state index contributed by atoms with van der Waals surface area (Å²) in [6.45, 7) is 7.61. The van der Waals surface area contributed by atoms with E-state index in [0.29, 0.717) is 29.0 Å². The Kier molecular flexibility index (Phi) is 4.16. The van der Waals surface area contributed by atoms with Crippen LogP contribution in [0.2, 0.25) is 0 Å². The maximum Gasteiger partial charge on any atom is 0.0627 e. The van der Waals surface area contributed by atoms with Gasteiger partial charge in [-0.2, -0.15) is 0 Å². The molecule has 0 aromatic heterocycles. The zero-order chi connectivity index (χ0) is 17.1. The third-order valence-corrected chi connectivity index (χ3v) is 8.92. The molecule has 0 amide bonds. The molecule has 3 fully saturated rings.